The monoisotopic (exact) mass is 1900 g/mol. The van der Waals surface area contributed by atoms with E-state index in [4.69, 9.17) is 89.0 Å². The molecule has 2 aromatic carbocycles. The van der Waals surface area contributed by atoms with E-state index >= 15 is 0 Å². The van der Waals surface area contributed by atoms with Crippen molar-refractivity contribution < 1.29 is 123 Å². The average Bonchev–Trinajstić information content (AvgIpc) is 0.939. The van der Waals surface area contributed by atoms with Crippen molar-refractivity contribution in [1.29, 1.82) is 0 Å². The van der Waals surface area contributed by atoms with E-state index in [0.29, 0.717) is 191 Å². The normalized spacial score (nSPS) is 26.1. The molecule has 3 aromatic rings. The second kappa shape index (κ2) is 61.7. The number of piperidine rings is 1. The number of aromatic nitrogens is 1. The summed E-state index contributed by atoms with van der Waals surface area (Å²) in [6, 6.07) is 12.9. The lowest BCUT2D eigenvalue weighted by atomic mass is 9.78. The molecule has 4 aliphatic heterocycles. The van der Waals surface area contributed by atoms with E-state index in [9.17, 15) is 52.2 Å². The minimum atomic E-state index is -3.59. The number of pyridine rings is 1. The van der Waals surface area contributed by atoms with Gasteiger partial charge in [-0.15, -0.1) is 0 Å². The third kappa shape index (κ3) is 38.8. The Balaban J connectivity index is 0.000000368. The van der Waals surface area contributed by atoms with E-state index in [2.05, 4.69) is 18.8 Å². The van der Waals surface area contributed by atoms with Crippen LogP contribution in [0.15, 0.2) is 107 Å². The smallest absolute Gasteiger partial charge is 0.329 e. The van der Waals surface area contributed by atoms with Crippen LogP contribution in [-0.4, -0.2) is 287 Å². The van der Waals surface area contributed by atoms with E-state index in [1.54, 1.807) is 78.3 Å². The highest BCUT2D eigenvalue weighted by atomic mass is 32.2. The number of nitrogens with zero attached hydrogens (tertiary/aromatic N) is 3. The number of aryl methyl sites for hydroxylation is 1. The number of esters is 1. The zero-order chi connectivity index (χ0) is 97.4. The Bertz CT molecular complexity index is 4280. The van der Waals surface area contributed by atoms with Crippen LogP contribution in [0.1, 0.15) is 206 Å². The first-order valence-electron chi connectivity index (χ1n) is 47.5. The zero-order valence-electron chi connectivity index (χ0n) is 81.5. The molecule has 2 bridgehead atoms. The number of hydrogen-bond acceptors (Lipinski definition) is 29. The van der Waals surface area contributed by atoms with E-state index in [-0.39, 0.29) is 103 Å². The number of methoxy groups -OCH3 is 5. The maximum atomic E-state index is 14.6. The van der Waals surface area contributed by atoms with E-state index in [0.717, 1.165) is 66.9 Å². The molecule has 1 aromatic heterocycles. The molecule has 0 unspecified atom stereocenters. The molecule has 4 N–H and O–H groups in total. The molecule has 8 rings (SSSR count). The summed E-state index contributed by atoms with van der Waals surface area (Å²) < 4.78 is 110. The Kier molecular flexibility index (Phi) is 53.0. The van der Waals surface area contributed by atoms with Gasteiger partial charge in [0.05, 0.1) is 108 Å². The predicted octanol–water partition coefficient (Wildman–Crippen LogP) is 13.7. The minimum absolute atomic E-state index is 0.0142. The van der Waals surface area contributed by atoms with E-state index < -0.39 is 87.6 Å². The SMILES string of the molecule is CCCOCCOCCOCCOCCOCCOCCC.COCCC(=O)CCCS(=O)(=O)c1ccc(C(=O)N2CCOc3ccc(-c4ccc(N)nc4)cc3C2)c(C)c1.COCCCC(=S)O[C@@H]1CC[C@@H](C[C@@H](C)[C@@H]2CC(=O)[C@H](C)/C=C(\C)[C@@H](O)[C@@H](OC)C(=O)[C@H](C)C[C@H](C)/C=C/C=C/C=C(\C)[C@@H](OC)C[C@@H]3CC[C@@H](C)[C@@](O)(O3)C(=O)C(=O)N3CCCC[C@H]3C(=O)O2)C[C@H]1OC. The summed E-state index contributed by atoms with van der Waals surface area (Å²) in [6.07, 6.45) is 17.8. The molecule has 133 heavy (non-hydrogen) atoms. The summed E-state index contributed by atoms with van der Waals surface area (Å²) in [5.41, 5.74) is 10.7. The number of nitrogen functional groups attached to an aromatic ring is 1. The van der Waals surface area contributed by atoms with E-state index in [1.165, 1.54) is 31.3 Å². The van der Waals surface area contributed by atoms with Gasteiger partial charge in [-0.2, -0.15) is 0 Å². The molecule has 0 spiro atoms. The number of fused-ring (bicyclic) bond motifs is 4. The second-order valence-electron chi connectivity index (χ2n) is 35.4. The van der Waals surface area contributed by atoms with Crippen LogP contribution in [0.5, 0.6) is 5.75 Å². The number of ketones is 4. The van der Waals surface area contributed by atoms with E-state index in [1.807, 2.05) is 82.3 Å². The molecule has 1 aliphatic carbocycles. The number of carbonyl (C=O) groups excluding carboxylic acids is 7. The van der Waals surface area contributed by atoms with Crippen molar-refractivity contribution in [2.45, 2.75) is 257 Å². The number of hydrogen-bond donors (Lipinski definition) is 3. The number of Topliss-reactive ketones (excluding diaryl/α,β-unsaturated/α-hetero) is 4. The fourth-order valence-corrected chi connectivity index (χ4v) is 18.5. The molecule has 1 saturated carbocycles. The Labute approximate surface area is 795 Å². The van der Waals surface area contributed by atoms with Crippen molar-refractivity contribution in [2.24, 2.45) is 35.5 Å². The van der Waals surface area contributed by atoms with Gasteiger partial charge in [-0.1, -0.05) is 91.0 Å². The van der Waals surface area contributed by atoms with Gasteiger partial charge in [0, 0.05) is 141 Å². The zero-order valence-corrected chi connectivity index (χ0v) is 83.2. The van der Waals surface area contributed by atoms with Crippen LogP contribution in [0.2, 0.25) is 0 Å². The molecule has 746 valence electrons. The fraction of sp³-hybridized carbons (Fsp3) is 0.673. The minimum Gasteiger partial charge on any atom is -0.491 e. The topological polar surface area (TPSA) is 378 Å². The number of rotatable bonds is 40. The van der Waals surface area contributed by atoms with Crippen molar-refractivity contribution in [3.63, 3.8) is 0 Å². The summed E-state index contributed by atoms with van der Waals surface area (Å²) in [6.45, 7) is 28.4. The molecular weight excluding hydrogens is 1750 g/mol. The quantitative estimate of drug-likeness (QED) is 0.0156. The van der Waals surface area contributed by atoms with Crippen molar-refractivity contribution >= 4 is 73.8 Å². The molecule has 15 atom stereocenters. The molecule has 5 aliphatic rings. The fourth-order valence-electron chi connectivity index (χ4n) is 16.8. The average molecular weight is 1900 g/mol. The molecule has 0 radical (unpaired) electrons. The highest BCUT2D eigenvalue weighted by Gasteiger charge is 2.53. The molecule has 5 heterocycles. The Morgan fingerprint density at radius 2 is 1.34 bits per heavy atom. The maximum absolute atomic E-state index is 14.6. The molecule has 32 heteroatoms. The largest absolute Gasteiger partial charge is 0.491 e. The number of ether oxygens (including phenoxy) is 15. The molecular formula is C101H154N4O26S2. The number of nitrogens with two attached hydrogens (primary N) is 1. The van der Waals surface area contributed by atoms with Gasteiger partial charge >= 0.3 is 5.97 Å². The number of allylic oxidation sites excluding steroid dienone is 6. The van der Waals surface area contributed by atoms with Crippen LogP contribution in [0.25, 0.3) is 11.1 Å². The van der Waals surface area contributed by atoms with Gasteiger partial charge < -0.3 is 96.8 Å². The van der Waals surface area contributed by atoms with Crippen molar-refractivity contribution in [2.75, 3.05) is 159 Å². The third-order valence-electron chi connectivity index (χ3n) is 24.7. The number of amides is 2. The first-order chi connectivity index (χ1) is 63.8. The Morgan fingerprint density at radius 1 is 0.684 bits per heavy atom. The van der Waals surface area contributed by atoms with Gasteiger partial charge in [0.15, 0.2) is 20.7 Å². The van der Waals surface area contributed by atoms with Gasteiger partial charge in [0.2, 0.25) is 5.79 Å². The Morgan fingerprint density at radius 3 is 1.95 bits per heavy atom. The number of anilines is 1. The van der Waals surface area contributed by atoms with Crippen LogP contribution in [0.4, 0.5) is 5.82 Å². The number of aliphatic hydroxyl groups is 2. The highest BCUT2D eigenvalue weighted by molar-refractivity contribution is 7.91. The summed E-state index contributed by atoms with van der Waals surface area (Å²) in [7, 11) is 4.19. The van der Waals surface area contributed by atoms with Crippen LogP contribution in [0, 0.1) is 42.4 Å². The summed E-state index contributed by atoms with van der Waals surface area (Å²) in [5, 5.41) is 24.1. The standard InChI is InChI=1S/C56H87NO14S.C29H33N3O6S.C16H34O6/c1-34-18-13-12-14-19-35(2)46(66-9)32-42-24-22-40(7)56(64,71-42)53(61)54(62)57-26-16-15-20-43(57)55(63)70-47(33-44(58)36(3)29-39(6)51(60)52(68-11)50(59)38(5)28-34)37(4)30-41-23-25-45(48(31-41)67-10)69-49(72)21-17-27-65-8;1-20-16-25(39(35,36)15-3-4-24(33)11-13-37-2)7-8-26(20)29(34)32-12-14-38-27-9-5-21(17-23(27)19-32)22-6-10-28(30)31-18-22;1-3-5-17-7-9-19-11-13-21-15-16-22-14-12-20-10-8-18-6-4-2/h12-14,18-19,29,34,36-38,40-43,45-48,51-52,60,64H,15-17,20-28,30-33H2,1-11H3;5-10,16-18H,3-4,11-15,19H2,1-2H3,(H2,30,31);3-16H2,1-2H3/b14-12+,18-13+,35-19+,39-29+;;/t34-,36-,37-,38-,40-,41+,42+,43+,45-,46+,47+,48-,51-,52+,56-;;/m1../s1. The van der Waals surface area contributed by atoms with Crippen molar-refractivity contribution in [3.8, 4) is 16.9 Å². The first-order valence-corrected chi connectivity index (χ1v) is 49.6. The van der Waals surface area contributed by atoms with Crippen molar-refractivity contribution in [3.05, 3.63) is 119 Å². The molecule has 30 nitrogen and oxygen atoms in total. The van der Waals surface area contributed by atoms with Gasteiger partial charge in [-0.3, -0.25) is 28.8 Å². The number of cyclic esters (lactones) is 1. The number of sulfone groups is 1. The summed E-state index contributed by atoms with van der Waals surface area (Å²) >= 11 is 5.53. The number of thiocarbonyl (C=S) groups is 1. The number of carbonyl (C=O) groups is 7. The third-order valence-corrected chi connectivity index (χ3v) is 26.8. The maximum Gasteiger partial charge on any atom is 0.329 e. The number of aliphatic hydroxyl groups excluding tert-OH is 1. The summed E-state index contributed by atoms with van der Waals surface area (Å²) in [5.74, 6) is -7.18. The molecule has 2 saturated heterocycles. The van der Waals surface area contributed by atoms with Crippen LogP contribution in [-0.2, 0) is 111 Å². The molecule has 2 amide bonds. The lowest BCUT2D eigenvalue weighted by Gasteiger charge is -2.42. The predicted molar refractivity (Wildman–Crippen MR) is 511 cm³/mol. The highest BCUT2D eigenvalue weighted by Crippen LogP contribution is 2.40. The van der Waals surface area contributed by atoms with Crippen LogP contribution < -0.4 is 10.5 Å². The van der Waals surface area contributed by atoms with Crippen molar-refractivity contribution in [1.82, 2.24) is 14.8 Å². The summed E-state index contributed by atoms with van der Waals surface area (Å²) in [4.78, 5) is 104. The van der Waals surface area contributed by atoms with Crippen LogP contribution >= 0.6 is 12.2 Å². The molecule has 3 fully saturated rings. The van der Waals surface area contributed by atoms with Gasteiger partial charge in [0.25, 0.3) is 17.6 Å². The second-order valence-corrected chi connectivity index (χ2v) is 37.9. The lowest BCUT2D eigenvalue weighted by Crippen LogP contribution is -2.61. The van der Waals surface area contributed by atoms with Gasteiger partial charge in [-0.05, 0) is 205 Å². The number of benzene rings is 2. The van der Waals surface area contributed by atoms with Gasteiger partial charge in [0.1, 0.15) is 60.2 Å². The lowest BCUT2D eigenvalue weighted by molar-refractivity contribution is -0.265. The Hall–Kier alpha value is -7.48. The first kappa shape index (κ1) is 114. The van der Waals surface area contributed by atoms with Crippen LogP contribution in [0.3, 0.4) is 0 Å². The van der Waals surface area contributed by atoms with Gasteiger partial charge in [-0.25, -0.2) is 18.2 Å².